The fourth-order valence-corrected chi connectivity index (χ4v) is 4.51. The van der Waals surface area contributed by atoms with Crippen LogP contribution in [0.15, 0.2) is 45.8 Å². The number of benzene rings is 2. The summed E-state index contributed by atoms with van der Waals surface area (Å²) in [5.41, 5.74) is 1.61. The number of nitrogens with zero attached hydrogens (tertiary/aromatic N) is 1. The molecule has 1 N–H and O–H groups in total. The molecular weight excluding hydrogens is 601 g/mol. The molecule has 0 bridgehead atoms. The molecular formula is C21H17BrINO6S. The van der Waals surface area contributed by atoms with Gasteiger partial charge in [0, 0.05) is 3.57 Å². The summed E-state index contributed by atoms with van der Waals surface area (Å²) >= 11 is 6.43. The van der Waals surface area contributed by atoms with E-state index in [1.807, 2.05) is 31.2 Å². The van der Waals surface area contributed by atoms with E-state index in [1.54, 1.807) is 12.1 Å². The van der Waals surface area contributed by atoms with Crippen molar-refractivity contribution in [2.75, 3.05) is 13.2 Å². The Morgan fingerprint density at radius 1 is 1.23 bits per heavy atom. The SMILES string of the molecule is CCOc1cc(/C=C2/SC(=O)N(CC(=O)O)C2=O)cc(Br)c1OCc1ccc(I)cc1. The lowest BCUT2D eigenvalue weighted by Gasteiger charge is -2.15. The van der Waals surface area contributed by atoms with Gasteiger partial charge in [-0.25, -0.2) is 0 Å². The Morgan fingerprint density at radius 3 is 2.58 bits per heavy atom. The van der Waals surface area contributed by atoms with Crippen LogP contribution in [0.5, 0.6) is 11.5 Å². The molecule has 2 aromatic carbocycles. The number of rotatable bonds is 8. The molecule has 1 fully saturated rings. The van der Waals surface area contributed by atoms with Gasteiger partial charge < -0.3 is 14.6 Å². The average molecular weight is 618 g/mol. The van der Waals surface area contributed by atoms with Gasteiger partial charge in [0.25, 0.3) is 11.1 Å². The second-order valence-corrected chi connectivity index (χ2v) is 9.43. The number of carboxylic acid groups (broad SMARTS) is 1. The molecule has 1 heterocycles. The number of carbonyl (C=O) groups is 3. The number of thioether (sulfide) groups is 1. The Bertz CT molecular complexity index is 1060. The van der Waals surface area contributed by atoms with E-state index in [0.29, 0.717) is 51.4 Å². The number of carbonyl (C=O) groups excluding carboxylic acids is 2. The monoisotopic (exact) mass is 617 g/mol. The van der Waals surface area contributed by atoms with E-state index in [-0.39, 0.29) is 4.91 Å². The van der Waals surface area contributed by atoms with Crippen LogP contribution in [0.25, 0.3) is 6.08 Å². The highest BCUT2D eigenvalue weighted by Crippen LogP contribution is 2.39. The first kappa shape index (κ1) is 23.6. The molecule has 1 aliphatic rings. The third-order valence-electron chi connectivity index (χ3n) is 4.09. The first-order valence-corrected chi connectivity index (χ1v) is 11.8. The van der Waals surface area contributed by atoms with Crippen LogP contribution in [-0.4, -0.2) is 40.3 Å². The van der Waals surface area contributed by atoms with Crippen molar-refractivity contribution in [2.24, 2.45) is 0 Å². The van der Waals surface area contributed by atoms with Crippen molar-refractivity contribution in [2.45, 2.75) is 13.5 Å². The number of aliphatic carboxylic acids is 1. The van der Waals surface area contributed by atoms with Gasteiger partial charge >= 0.3 is 5.97 Å². The highest BCUT2D eigenvalue weighted by molar-refractivity contribution is 14.1. The van der Waals surface area contributed by atoms with Gasteiger partial charge in [-0.15, -0.1) is 0 Å². The Kier molecular flexibility index (Phi) is 8.00. The normalized spacial score (nSPS) is 14.9. The van der Waals surface area contributed by atoms with Crippen molar-refractivity contribution in [1.82, 2.24) is 4.90 Å². The van der Waals surface area contributed by atoms with E-state index in [0.717, 1.165) is 9.13 Å². The molecule has 2 amide bonds. The highest BCUT2D eigenvalue weighted by Gasteiger charge is 2.36. The number of hydrogen-bond acceptors (Lipinski definition) is 6. The molecule has 0 aliphatic carbocycles. The smallest absolute Gasteiger partial charge is 0.323 e. The van der Waals surface area contributed by atoms with Gasteiger partial charge in [0.15, 0.2) is 11.5 Å². The third-order valence-corrected chi connectivity index (χ3v) is 6.31. The lowest BCUT2D eigenvalue weighted by molar-refractivity contribution is -0.140. The first-order chi connectivity index (χ1) is 14.8. The van der Waals surface area contributed by atoms with Crippen LogP contribution in [0.4, 0.5) is 4.79 Å². The van der Waals surface area contributed by atoms with Crippen LogP contribution in [0.3, 0.4) is 0 Å². The number of carboxylic acids is 1. The van der Waals surface area contributed by atoms with Crippen molar-refractivity contribution in [3.8, 4) is 11.5 Å². The topological polar surface area (TPSA) is 93.1 Å². The molecule has 0 aromatic heterocycles. The molecule has 1 aliphatic heterocycles. The average Bonchev–Trinajstić information content (AvgIpc) is 2.96. The minimum atomic E-state index is -1.25. The van der Waals surface area contributed by atoms with Crippen molar-refractivity contribution in [1.29, 1.82) is 0 Å². The zero-order valence-electron chi connectivity index (χ0n) is 16.3. The van der Waals surface area contributed by atoms with E-state index in [2.05, 4.69) is 38.5 Å². The van der Waals surface area contributed by atoms with Crippen LogP contribution in [-0.2, 0) is 16.2 Å². The maximum Gasteiger partial charge on any atom is 0.323 e. The Labute approximate surface area is 205 Å². The molecule has 0 spiro atoms. The van der Waals surface area contributed by atoms with Gasteiger partial charge in [-0.1, -0.05) is 12.1 Å². The minimum absolute atomic E-state index is 0.146. The van der Waals surface area contributed by atoms with Gasteiger partial charge in [0.1, 0.15) is 13.2 Å². The maximum atomic E-state index is 12.4. The van der Waals surface area contributed by atoms with E-state index < -0.39 is 23.7 Å². The number of amides is 2. The molecule has 31 heavy (non-hydrogen) atoms. The molecule has 0 atom stereocenters. The van der Waals surface area contributed by atoms with Crippen molar-refractivity contribution >= 4 is 73.5 Å². The van der Waals surface area contributed by atoms with Crippen LogP contribution in [0.1, 0.15) is 18.1 Å². The fraction of sp³-hybridized carbons (Fsp3) is 0.190. The standard InChI is InChI=1S/C21H17BrINO6S/c1-2-29-16-8-13(9-17-20(27)24(10-18(25)26)21(28)31-17)7-15(22)19(16)30-11-12-3-5-14(23)6-4-12/h3-9H,2,10-11H2,1H3,(H,25,26)/b17-9+. The number of ether oxygens (including phenoxy) is 2. The van der Waals surface area contributed by atoms with Gasteiger partial charge in [-0.2, -0.15) is 0 Å². The molecule has 3 rings (SSSR count). The molecule has 0 unspecified atom stereocenters. The van der Waals surface area contributed by atoms with Crippen LogP contribution >= 0.6 is 50.3 Å². The molecule has 0 radical (unpaired) electrons. The molecule has 1 saturated heterocycles. The number of halogens is 2. The third kappa shape index (κ3) is 6.01. The van der Waals surface area contributed by atoms with E-state index >= 15 is 0 Å². The minimum Gasteiger partial charge on any atom is -0.490 e. The van der Waals surface area contributed by atoms with E-state index in [1.165, 1.54) is 6.08 Å². The summed E-state index contributed by atoms with van der Waals surface area (Å²) in [5, 5.41) is 8.27. The zero-order valence-corrected chi connectivity index (χ0v) is 20.8. The van der Waals surface area contributed by atoms with Crippen LogP contribution < -0.4 is 9.47 Å². The molecule has 162 valence electrons. The molecule has 0 saturated carbocycles. The van der Waals surface area contributed by atoms with Gasteiger partial charge in [-0.05, 0) is 98.7 Å². The zero-order chi connectivity index (χ0) is 22.5. The molecule has 2 aromatic rings. The second kappa shape index (κ2) is 10.5. The summed E-state index contributed by atoms with van der Waals surface area (Å²) in [6.45, 7) is 1.94. The lowest BCUT2D eigenvalue weighted by Crippen LogP contribution is -2.33. The van der Waals surface area contributed by atoms with Gasteiger partial charge in [-0.3, -0.25) is 19.3 Å². The second-order valence-electron chi connectivity index (χ2n) is 6.34. The summed E-state index contributed by atoms with van der Waals surface area (Å²) in [6, 6.07) is 11.4. The van der Waals surface area contributed by atoms with Crippen LogP contribution in [0, 0.1) is 3.57 Å². The summed E-state index contributed by atoms with van der Waals surface area (Å²) in [6.07, 6.45) is 1.53. The predicted molar refractivity (Wildman–Crippen MR) is 129 cm³/mol. The number of hydrogen-bond donors (Lipinski definition) is 1. The van der Waals surface area contributed by atoms with E-state index in [4.69, 9.17) is 14.6 Å². The van der Waals surface area contributed by atoms with Crippen molar-refractivity contribution in [3.63, 3.8) is 0 Å². The fourth-order valence-electron chi connectivity index (χ4n) is 2.73. The lowest BCUT2D eigenvalue weighted by atomic mass is 10.1. The van der Waals surface area contributed by atoms with Gasteiger partial charge in [0.05, 0.1) is 16.0 Å². The Morgan fingerprint density at radius 2 is 1.94 bits per heavy atom. The first-order valence-electron chi connectivity index (χ1n) is 9.09. The van der Waals surface area contributed by atoms with Crippen molar-refractivity contribution < 1.29 is 29.0 Å². The van der Waals surface area contributed by atoms with Gasteiger partial charge in [0.2, 0.25) is 0 Å². The summed E-state index contributed by atoms with van der Waals surface area (Å²) in [4.78, 5) is 36.1. The molecule has 10 heteroatoms. The summed E-state index contributed by atoms with van der Waals surface area (Å²) < 4.78 is 13.5. The highest BCUT2D eigenvalue weighted by atomic mass is 127. The van der Waals surface area contributed by atoms with Crippen molar-refractivity contribution in [3.05, 3.63) is 60.5 Å². The largest absolute Gasteiger partial charge is 0.490 e. The predicted octanol–water partition coefficient (Wildman–Crippen LogP) is 5.15. The molecule has 7 nitrogen and oxygen atoms in total. The summed E-state index contributed by atoms with van der Waals surface area (Å²) in [7, 11) is 0. The quantitative estimate of drug-likeness (QED) is 0.323. The van der Waals surface area contributed by atoms with E-state index in [9.17, 15) is 14.4 Å². The summed E-state index contributed by atoms with van der Waals surface area (Å²) in [5.74, 6) is -0.875. The number of imide groups is 1. The van der Waals surface area contributed by atoms with Crippen LogP contribution in [0.2, 0.25) is 0 Å². The Balaban J connectivity index is 1.85. The maximum absolute atomic E-state index is 12.4. The Hall–Kier alpha value is -2.05.